The Labute approximate surface area is 160 Å². The largest absolute Gasteiger partial charge is 0.493 e. The number of anilines is 1. The fourth-order valence-electron chi connectivity index (χ4n) is 2.36. The molecular formula is C18H16ClN3O5. The first-order valence-electron chi connectivity index (χ1n) is 7.76. The average molecular weight is 390 g/mol. The van der Waals surface area contributed by atoms with E-state index < -0.39 is 5.91 Å². The molecule has 1 aromatic heterocycles. The molecule has 0 bridgehead atoms. The Morgan fingerprint density at radius 3 is 2.19 bits per heavy atom. The van der Waals surface area contributed by atoms with E-state index in [1.54, 1.807) is 36.4 Å². The summed E-state index contributed by atoms with van der Waals surface area (Å²) in [6.07, 6.45) is 0. The van der Waals surface area contributed by atoms with Crippen LogP contribution < -0.4 is 19.5 Å². The second-order valence-corrected chi connectivity index (χ2v) is 5.72. The van der Waals surface area contributed by atoms with Gasteiger partial charge in [-0.25, -0.2) is 0 Å². The van der Waals surface area contributed by atoms with Crippen LogP contribution in [0.3, 0.4) is 0 Å². The lowest BCUT2D eigenvalue weighted by molar-refractivity contribution is 0.0991. The predicted molar refractivity (Wildman–Crippen MR) is 98.8 cm³/mol. The van der Waals surface area contributed by atoms with Gasteiger partial charge < -0.3 is 23.9 Å². The van der Waals surface area contributed by atoms with E-state index in [1.807, 2.05) is 0 Å². The molecular weight excluding hydrogens is 374 g/mol. The van der Waals surface area contributed by atoms with Crippen molar-refractivity contribution in [3.63, 3.8) is 0 Å². The van der Waals surface area contributed by atoms with E-state index in [0.717, 1.165) is 0 Å². The highest BCUT2D eigenvalue weighted by Gasteiger charge is 2.19. The molecule has 3 rings (SSSR count). The van der Waals surface area contributed by atoms with Crippen molar-refractivity contribution in [2.24, 2.45) is 0 Å². The van der Waals surface area contributed by atoms with Crippen LogP contribution in [0.4, 0.5) is 5.69 Å². The van der Waals surface area contributed by atoms with Gasteiger partial charge in [0.05, 0.1) is 21.3 Å². The van der Waals surface area contributed by atoms with Gasteiger partial charge in [-0.15, -0.1) is 10.2 Å². The third-order valence-corrected chi connectivity index (χ3v) is 3.88. The summed E-state index contributed by atoms with van der Waals surface area (Å²) in [4.78, 5) is 12.4. The van der Waals surface area contributed by atoms with E-state index in [-0.39, 0.29) is 11.8 Å². The molecule has 0 aliphatic heterocycles. The maximum Gasteiger partial charge on any atom is 0.313 e. The molecule has 1 N–H and O–H groups in total. The van der Waals surface area contributed by atoms with Crippen LogP contribution in [0.2, 0.25) is 5.02 Å². The number of ether oxygens (including phenoxy) is 3. The van der Waals surface area contributed by atoms with Crippen LogP contribution in [0.25, 0.3) is 11.5 Å². The third kappa shape index (κ3) is 3.95. The fraction of sp³-hybridized carbons (Fsp3) is 0.167. The molecule has 0 spiro atoms. The summed E-state index contributed by atoms with van der Waals surface area (Å²) in [6.45, 7) is 0. The highest BCUT2D eigenvalue weighted by molar-refractivity contribution is 6.30. The fourth-order valence-corrected chi connectivity index (χ4v) is 2.49. The van der Waals surface area contributed by atoms with Crippen LogP contribution >= 0.6 is 11.6 Å². The minimum Gasteiger partial charge on any atom is -0.493 e. The quantitative estimate of drug-likeness (QED) is 0.687. The summed E-state index contributed by atoms with van der Waals surface area (Å²) < 4.78 is 21.2. The van der Waals surface area contributed by atoms with Crippen molar-refractivity contribution >= 4 is 23.2 Å². The maximum atomic E-state index is 12.4. The van der Waals surface area contributed by atoms with Gasteiger partial charge in [-0.2, -0.15) is 0 Å². The molecule has 0 saturated carbocycles. The molecule has 9 heteroatoms. The predicted octanol–water partition coefficient (Wildman–Crippen LogP) is 3.67. The molecule has 0 aliphatic rings. The monoisotopic (exact) mass is 389 g/mol. The smallest absolute Gasteiger partial charge is 0.313 e. The lowest BCUT2D eigenvalue weighted by atomic mass is 10.2. The topological polar surface area (TPSA) is 95.7 Å². The lowest BCUT2D eigenvalue weighted by Crippen LogP contribution is -2.12. The van der Waals surface area contributed by atoms with E-state index in [4.69, 9.17) is 30.2 Å². The van der Waals surface area contributed by atoms with Crippen molar-refractivity contribution in [1.82, 2.24) is 10.2 Å². The summed E-state index contributed by atoms with van der Waals surface area (Å²) >= 11 is 5.86. The Hall–Kier alpha value is -3.26. The molecule has 27 heavy (non-hydrogen) atoms. The van der Waals surface area contributed by atoms with Gasteiger partial charge in [0, 0.05) is 28.4 Å². The first-order valence-corrected chi connectivity index (χ1v) is 8.14. The van der Waals surface area contributed by atoms with Crippen LogP contribution in [0, 0.1) is 0 Å². The van der Waals surface area contributed by atoms with Gasteiger partial charge >= 0.3 is 11.8 Å². The zero-order valence-corrected chi connectivity index (χ0v) is 15.5. The lowest BCUT2D eigenvalue weighted by Gasteiger charge is -2.14. The van der Waals surface area contributed by atoms with Crippen LogP contribution in [-0.2, 0) is 0 Å². The number of carbonyl (C=O) groups excluding carboxylic acids is 1. The number of carbonyl (C=O) groups is 1. The standard InChI is InChI=1S/C18H16ClN3O5/c1-24-13-8-12(9-14(25-2)15(13)26-3)20-16(23)18-22-21-17(27-18)10-4-6-11(19)7-5-10/h4-9H,1-3H3,(H,20,23). The average Bonchev–Trinajstić information content (AvgIpc) is 3.18. The van der Waals surface area contributed by atoms with Crippen molar-refractivity contribution < 1.29 is 23.4 Å². The molecule has 0 aliphatic carbocycles. The number of nitrogens with zero attached hydrogens (tertiary/aromatic N) is 2. The molecule has 8 nitrogen and oxygen atoms in total. The summed E-state index contributed by atoms with van der Waals surface area (Å²) in [5.74, 6) is 0.673. The number of rotatable bonds is 6. The van der Waals surface area contributed by atoms with Gasteiger partial charge in [-0.3, -0.25) is 4.79 Å². The summed E-state index contributed by atoms with van der Waals surface area (Å²) in [6, 6.07) is 10.0. The van der Waals surface area contributed by atoms with E-state index in [0.29, 0.717) is 33.5 Å². The van der Waals surface area contributed by atoms with Crippen LogP contribution in [0.1, 0.15) is 10.7 Å². The number of nitrogens with one attached hydrogen (secondary N) is 1. The van der Waals surface area contributed by atoms with Gasteiger partial charge in [0.1, 0.15) is 0 Å². The van der Waals surface area contributed by atoms with Crippen molar-refractivity contribution in [3.05, 3.63) is 47.3 Å². The molecule has 0 atom stereocenters. The van der Waals surface area contributed by atoms with Crippen LogP contribution in [0.15, 0.2) is 40.8 Å². The van der Waals surface area contributed by atoms with E-state index in [2.05, 4.69) is 15.5 Å². The van der Waals surface area contributed by atoms with Gasteiger partial charge in [-0.05, 0) is 24.3 Å². The van der Waals surface area contributed by atoms with Crippen LogP contribution in [-0.4, -0.2) is 37.4 Å². The minimum absolute atomic E-state index is 0.186. The summed E-state index contributed by atoms with van der Waals surface area (Å²) in [5.41, 5.74) is 1.07. The Kier molecular flexibility index (Phi) is 5.46. The molecule has 0 unspecified atom stereocenters. The van der Waals surface area contributed by atoms with E-state index in [9.17, 15) is 4.79 Å². The van der Waals surface area contributed by atoms with Gasteiger partial charge in [0.25, 0.3) is 0 Å². The normalized spacial score (nSPS) is 10.4. The molecule has 1 heterocycles. The number of halogens is 1. The Morgan fingerprint density at radius 1 is 1.00 bits per heavy atom. The second kappa shape index (κ2) is 7.96. The Bertz CT molecular complexity index is 931. The number of hydrogen-bond acceptors (Lipinski definition) is 7. The first kappa shape index (κ1) is 18.5. The zero-order valence-electron chi connectivity index (χ0n) is 14.8. The van der Waals surface area contributed by atoms with Crippen molar-refractivity contribution in [3.8, 4) is 28.7 Å². The SMILES string of the molecule is COc1cc(NC(=O)c2nnc(-c3ccc(Cl)cc3)o2)cc(OC)c1OC. The minimum atomic E-state index is -0.572. The molecule has 1 amide bonds. The van der Waals surface area contributed by atoms with E-state index >= 15 is 0 Å². The Morgan fingerprint density at radius 2 is 1.63 bits per heavy atom. The maximum absolute atomic E-state index is 12.4. The van der Waals surface area contributed by atoms with Gasteiger partial charge in [0.2, 0.25) is 11.6 Å². The Balaban J connectivity index is 1.82. The molecule has 0 radical (unpaired) electrons. The molecule has 0 fully saturated rings. The summed E-state index contributed by atoms with van der Waals surface area (Å²) in [5, 5.41) is 10.9. The second-order valence-electron chi connectivity index (χ2n) is 5.29. The number of hydrogen-bond donors (Lipinski definition) is 1. The molecule has 0 saturated heterocycles. The number of methoxy groups -OCH3 is 3. The highest BCUT2D eigenvalue weighted by atomic mass is 35.5. The number of benzene rings is 2. The zero-order chi connectivity index (χ0) is 19.4. The van der Waals surface area contributed by atoms with Crippen molar-refractivity contribution in [2.45, 2.75) is 0 Å². The van der Waals surface area contributed by atoms with E-state index in [1.165, 1.54) is 21.3 Å². The van der Waals surface area contributed by atoms with Crippen molar-refractivity contribution in [2.75, 3.05) is 26.6 Å². The van der Waals surface area contributed by atoms with Gasteiger partial charge in [0.15, 0.2) is 11.5 Å². The molecule has 140 valence electrons. The van der Waals surface area contributed by atoms with Crippen LogP contribution in [0.5, 0.6) is 17.2 Å². The molecule has 3 aromatic rings. The third-order valence-electron chi connectivity index (χ3n) is 3.63. The summed E-state index contributed by atoms with van der Waals surface area (Å²) in [7, 11) is 4.47. The van der Waals surface area contributed by atoms with Gasteiger partial charge in [-0.1, -0.05) is 11.6 Å². The number of aromatic nitrogens is 2. The highest BCUT2D eigenvalue weighted by Crippen LogP contribution is 2.40. The first-order chi connectivity index (χ1) is 13.0. The molecule has 2 aromatic carbocycles. The number of amides is 1. The van der Waals surface area contributed by atoms with Crippen molar-refractivity contribution in [1.29, 1.82) is 0 Å².